The minimum atomic E-state index is 0.172. The van der Waals surface area contributed by atoms with Crippen molar-refractivity contribution in [2.75, 3.05) is 7.11 Å². The third-order valence-corrected chi connectivity index (χ3v) is 2.14. The summed E-state index contributed by atoms with van der Waals surface area (Å²) in [6.07, 6.45) is 0.172. The lowest BCUT2D eigenvalue weighted by molar-refractivity contribution is 0.230. The molecule has 0 amide bonds. The summed E-state index contributed by atoms with van der Waals surface area (Å²) in [6, 6.07) is 4.03. The van der Waals surface area contributed by atoms with E-state index < -0.39 is 0 Å². The fourth-order valence-electron chi connectivity index (χ4n) is 1.27. The van der Waals surface area contributed by atoms with Crippen LogP contribution in [0, 0.1) is 13.8 Å². The summed E-state index contributed by atoms with van der Waals surface area (Å²) in [7, 11) is 1.66. The quantitative estimate of drug-likeness (QED) is 0.736. The molecule has 0 N–H and O–H groups in total. The summed E-state index contributed by atoms with van der Waals surface area (Å²) in [6.45, 7) is 8.15. The Hall–Kier alpha value is -1.18. The van der Waals surface area contributed by atoms with Gasteiger partial charge in [-0.3, -0.25) is 0 Å². The van der Waals surface area contributed by atoms with Crippen LogP contribution in [0.15, 0.2) is 12.1 Å². The highest BCUT2D eigenvalue weighted by Crippen LogP contribution is 2.30. The Bertz CT molecular complexity index is 316. The fraction of sp³-hybridized carbons (Fsp3) is 0.500. The van der Waals surface area contributed by atoms with Crippen LogP contribution in [0.25, 0.3) is 0 Å². The molecule has 0 aliphatic carbocycles. The van der Waals surface area contributed by atoms with Gasteiger partial charge in [0.1, 0.15) is 0 Å². The van der Waals surface area contributed by atoms with Gasteiger partial charge in [0.05, 0.1) is 13.2 Å². The Morgan fingerprint density at radius 2 is 1.50 bits per heavy atom. The second-order valence-electron chi connectivity index (χ2n) is 3.75. The SMILES string of the molecule is COc1cc(C)c(C)cc1OC(C)C. The Morgan fingerprint density at radius 1 is 1.00 bits per heavy atom. The van der Waals surface area contributed by atoms with Crippen LogP contribution in [-0.4, -0.2) is 13.2 Å². The van der Waals surface area contributed by atoms with Gasteiger partial charge in [0.15, 0.2) is 11.5 Å². The van der Waals surface area contributed by atoms with Gasteiger partial charge < -0.3 is 9.47 Å². The van der Waals surface area contributed by atoms with Gasteiger partial charge in [0, 0.05) is 0 Å². The average molecular weight is 194 g/mol. The van der Waals surface area contributed by atoms with Gasteiger partial charge in [0.2, 0.25) is 0 Å². The van der Waals surface area contributed by atoms with Crippen molar-refractivity contribution in [2.45, 2.75) is 33.8 Å². The lowest BCUT2D eigenvalue weighted by atomic mass is 10.1. The molecular formula is C12H18O2. The summed E-state index contributed by atoms with van der Waals surface area (Å²) in [4.78, 5) is 0. The Balaban J connectivity index is 3.07. The first-order valence-corrected chi connectivity index (χ1v) is 4.86. The molecule has 0 radical (unpaired) electrons. The minimum Gasteiger partial charge on any atom is -0.493 e. The maximum atomic E-state index is 5.65. The summed E-state index contributed by atoms with van der Waals surface area (Å²) >= 11 is 0. The Morgan fingerprint density at radius 3 is 1.93 bits per heavy atom. The summed E-state index contributed by atoms with van der Waals surface area (Å²) < 4.78 is 10.9. The van der Waals surface area contributed by atoms with Crippen LogP contribution in [0.5, 0.6) is 11.5 Å². The van der Waals surface area contributed by atoms with Crippen molar-refractivity contribution >= 4 is 0 Å². The van der Waals surface area contributed by atoms with Gasteiger partial charge in [-0.15, -0.1) is 0 Å². The smallest absolute Gasteiger partial charge is 0.161 e. The largest absolute Gasteiger partial charge is 0.493 e. The van der Waals surface area contributed by atoms with Crippen molar-refractivity contribution in [1.82, 2.24) is 0 Å². The van der Waals surface area contributed by atoms with E-state index in [-0.39, 0.29) is 6.10 Å². The van der Waals surface area contributed by atoms with E-state index >= 15 is 0 Å². The standard InChI is InChI=1S/C12H18O2/c1-8(2)14-12-7-10(4)9(3)6-11(12)13-5/h6-8H,1-5H3. The molecule has 0 spiro atoms. The van der Waals surface area contributed by atoms with Gasteiger partial charge in [0.25, 0.3) is 0 Å². The van der Waals surface area contributed by atoms with Gasteiger partial charge in [-0.1, -0.05) is 0 Å². The molecule has 0 saturated heterocycles. The normalized spacial score (nSPS) is 10.4. The number of benzene rings is 1. The molecule has 1 aromatic carbocycles. The molecular weight excluding hydrogens is 176 g/mol. The summed E-state index contributed by atoms with van der Waals surface area (Å²) in [5.41, 5.74) is 2.44. The second kappa shape index (κ2) is 4.36. The van der Waals surface area contributed by atoms with E-state index in [0.717, 1.165) is 11.5 Å². The molecule has 0 bridgehead atoms. The van der Waals surface area contributed by atoms with Crippen molar-refractivity contribution in [3.63, 3.8) is 0 Å². The van der Waals surface area contributed by atoms with Crippen LogP contribution < -0.4 is 9.47 Å². The molecule has 1 aromatic rings. The van der Waals surface area contributed by atoms with Gasteiger partial charge in [-0.2, -0.15) is 0 Å². The molecule has 0 atom stereocenters. The van der Waals surface area contributed by atoms with Gasteiger partial charge >= 0.3 is 0 Å². The number of hydrogen-bond acceptors (Lipinski definition) is 2. The van der Waals surface area contributed by atoms with Crippen molar-refractivity contribution in [1.29, 1.82) is 0 Å². The van der Waals surface area contributed by atoms with Crippen LogP contribution in [0.3, 0.4) is 0 Å². The topological polar surface area (TPSA) is 18.5 Å². The van der Waals surface area contributed by atoms with Crippen LogP contribution in [-0.2, 0) is 0 Å². The highest BCUT2D eigenvalue weighted by molar-refractivity contribution is 5.46. The Labute approximate surface area is 85.8 Å². The number of methoxy groups -OCH3 is 1. The van der Waals surface area contributed by atoms with Crippen LogP contribution >= 0.6 is 0 Å². The molecule has 0 aliphatic heterocycles. The first-order valence-electron chi connectivity index (χ1n) is 4.86. The molecule has 0 aromatic heterocycles. The maximum absolute atomic E-state index is 5.65. The molecule has 2 nitrogen and oxygen atoms in total. The van der Waals surface area contributed by atoms with Gasteiger partial charge in [-0.05, 0) is 51.0 Å². The second-order valence-corrected chi connectivity index (χ2v) is 3.75. The molecule has 0 heterocycles. The fourth-order valence-corrected chi connectivity index (χ4v) is 1.27. The van der Waals surface area contributed by atoms with E-state index in [4.69, 9.17) is 9.47 Å². The molecule has 78 valence electrons. The number of rotatable bonds is 3. The van der Waals surface area contributed by atoms with E-state index in [1.165, 1.54) is 11.1 Å². The molecule has 0 unspecified atom stereocenters. The summed E-state index contributed by atoms with van der Waals surface area (Å²) in [5.74, 6) is 1.63. The zero-order chi connectivity index (χ0) is 10.7. The van der Waals surface area contributed by atoms with Crippen molar-refractivity contribution in [3.05, 3.63) is 23.3 Å². The minimum absolute atomic E-state index is 0.172. The van der Waals surface area contributed by atoms with E-state index in [2.05, 4.69) is 13.8 Å². The lowest BCUT2D eigenvalue weighted by Gasteiger charge is -2.15. The van der Waals surface area contributed by atoms with Crippen molar-refractivity contribution in [2.24, 2.45) is 0 Å². The van der Waals surface area contributed by atoms with E-state index in [9.17, 15) is 0 Å². The first kappa shape index (κ1) is 10.9. The monoisotopic (exact) mass is 194 g/mol. The van der Waals surface area contributed by atoms with E-state index in [0.29, 0.717) is 0 Å². The first-order chi connectivity index (χ1) is 6.54. The predicted molar refractivity (Wildman–Crippen MR) is 58.2 cm³/mol. The van der Waals surface area contributed by atoms with Gasteiger partial charge in [-0.25, -0.2) is 0 Å². The summed E-state index contributed by atoms with van der Waals surface area (Å²) in [5, 5.41) is 0. The molecule has 0 saturated carbocycles. The molecule has 0 fully saturated rings. The van der Waals surface area contributed by atoms with Crippen LogP contribution in [0.4, 0.5) is 0 Å². The molecule has 1 rings (SSSR count). The van der Waals surface area contributed by atoms with E-state index in [1.807, 2.05) is 26.0 Å². The third kappa shape index (κ3) is 2.41. The Kier molecular flexibility index (Phi) is 3.39. The average Bonchev–Trinajstić information content (AvgIpc) is 2.10. The highest BCUT2D eigenvalue weighted by atomic mass is 16.5. The molecule has 2 heteroatoms. The zero-order valence-electron chi connectivity index (χ0n) is 9.55. The molecule has 14 heavy (non-hydrogen) atoms. The van der Waals surface area contributed by atoms with Crippen LogP contribution in [0.1, 0.15) is 25.0 Å². The van der Waals surface area contributed by atoms with Crippen LogP contribution in [0.2, 0.25) is 0 Å². The number of ether oxygens (including phenoxy) is 2. The number of aryl methyl sites for hydroxylation is 2. The maximum Gasteiger partial charge on any atom is 0.161 e. The van der Waals surface area contributed by atoms with E-state index in [1.54, 1.807) is 7.11 Å². The lowest BCUT2D eigenvalue weighted by Crippen LogP contribution is -2.07. The predicted octanol–water partition coefficient (Wildman–Crippen LogP) is 3.10. The third-order valence-electron chi connectivity index (χ3n) is 2.14. The zero-order valence-corrected chi connectivity index (χ0v) is 9.55. The molecule has 0 aliphatic rings. The van der Waals surface area contributed by atoms with Crippen molar-refractivity contribution < 1.29 is 9.47 Å². The highest BCUT2D eigenvalue weighted by Gasteiger charge is 2.08. The number of hydrogen-bond donors (Lipinski definition) is 0. The van der Waals surface area contributed by atoms with Crippen molar-refractivity contribution in [3.8, 4) is 11.5 Å².